The van der Waals surface area contributed by atoms with E-state index in [4.69, 9.17) is 5.73 Å². The van der Waals surface area contributed by atoms with Gasteiger partial charge in [0.2, 0.25) is 0 Å². The standard InChI is InChI=1S/C16H17N5/c1-2-3-14-10-12(8-9-18-14)16-11-21(20-19-16)15-6-4-13(17)5-7-15/h4-11H,2-3,17H2,1H3. The lowest BCUT2D eigenvalue weighted by Crippen LogP contribution is -1.95. The molecule has 0 aliphatic rings. The van der Waals surface area contributed by atoms with Crippen LogP contribution in [0.3, 0.4) is 0 Å². The Morgan fingerprint density at radius 3 is 2.71 bits per heavy atom. The summed E-state index contributed by atoms with van der Waals surface area (Å²) < 4.78 is 1.74. The highest BCUT2D eigenvalue weighted by molar-refractivity contribution is 5.58. The summed E-state index contributed by atoms with van der Waals surface area (Å²) in [5.41, 5.74) is 10.3. The molecule has 2 aromatic heterocycles. The minimum absolute atomic E-state index is 0.734. The molecule has 2 N–H and O–H groups in total. The Morgan fingerprint density at radius 1 is 1.14 bits per heavy atom. The van der Waals surface area contributed by atoms with Crippen LogP contribution in [0.15, 0.2) is 48.8 Å². The van der Waals surface area contributed by atoms with E-state index in [0.29, 0.717) is 0 Å². The third-order valence-corrected chi connectivity index (χ3v) is 3.27. The van der Waals surface area contributed by atoms with Crippen LogP contribution in [-0.4, -0.2) is 20.0 Å². The van der Waals surface area contributed by atoms with Crippen molar-refractivity contribution in [1.82, 2.24) is 20.0 Å². The summed E-state index contributed by atoms with van der Waals surface area (Å²) in [7, 11) is 0. The maximum absolute atomic E-state index is 5.69. The van der Waals surface area contributed by atoms with Crippen LogP contribution < -0.4 is 5.73 Å². The number of nitrogen functional groups attached to an aromatic ring is 1. The van der Waals surface area contributed by atoms with Crippen LogP contribution in [0.1, 0.15) is 19.0 Å². The van der Waals surface area contributed by atoms with Crippen LogP contribution in [0.25, 0.3) is 16.9 Å². The van der Waals surface area contributed by atoms with Gasteiger partial charge in [-0.25, -0.2) is 4.68 Å². The van der Waals surface area contributed by atoms with Gasteiger partial charge < -0.3 is 5.73 Å². The highest BCUT2D eigenvalue weighted by atomic mass is 15.4. The second-order valence-electron chi connectivity index (χ2n) is 4.93. The first-order valence-electron chi connectivity index (χ1n) is 7.00. The van der Waals surface area contributed by atoms with E-state index in [9.17, 15) is 0 Å². The van der Waals surface area contributed by atoms with Gasteiger partial charge in [0.25, 0.3) is 0 Å². The van der Waals surface area contributed by atoms with E-state index >= 15 is 0 Å². The topological polar surface area (TPSA) is 69.6 Å². The van der Waals surface area contributed by atoms with Crippen LogP contribution in [0.4, 0.5) is 5.69 Å². The third kappa shape index (κ3) is 2.91. The van der Waals surface area contributed by atoms with Gasteiger partial charge >= 0.3 is 0 Å². The van der Waals surface area contributed by atoms with Gasteiger partial charge in [0.15, 0.2) is 0 Å². The number of rotatable bonds is 4. The van der Waals surface area contributed by atoms with Crippen molar-refractivity contribution in [3.63, 3.8) is 0 Å². The van der Waals surface area contributed by atoms with Gasteiger partial charge in [0.1, 0.15) is 5.69 Å². The molecule has 2 heterocycles. The number of pyridine rings is 1. The molecular weight excluding hydrogens is 262 g/mol. The number of anilines is 1. The molecule has 0 saturated heterocycles. The number of aryl methyl sites for hydroxylation is 1. The minimum Gasteiger partial charge on any atom is -0.399 e. The molecule has 5 heteroatoms. The number of nitrogens with zero attached hydrogens (tertiary/aromatic N) is 4. The summed E-state index contributed by atoms with van der Waals surface area (Å²) in [6, 6.07) is 11.6. The third-order valence-electron chi connectivity index (χ3n) is 3.27. The number of aromatic nitrogens is 4. The van der Waals surface area contributed by atoms with Crippen LogP contribution in [-0.2, 0) is 6.42 Å². The van der Waals surface area contributed by atoms with Gasteiger partial charge in [0.05, 0.1) is 11.9 Å². The van der Waals surface area contributed by atoms with Gasteiger partial charge in [-0.3, -0.25) is 4.98 Å². The van der Waals surface area contributed by atoms with Gasteiger partial charge in [-0.05, 0) is 42.8 Å². The fourth-order valence-corrected chi connectivity index (χ4v) is 2.18. The quantitative estimate of drug-likeness (QED) is 0.745. The van der Waals surface area contributed by atoms with Crippen molar-refractivity contribution in [2.75, 3.05) is 5.73 Å². The highest BCUT2D eigenvalue weighted by Crippen LogP contribution is 2.19. The summed E-state index contributed by atoms with van der Waals surface area (Å²) in [6.07, 6.45) is 5.79. The normalized spacial score (nSPS) is 10.7. The lowest BCUT2D eigenvalue weighted by Gasteiger charge is -2.01. The van der Waals surface area contributed by atoms with E-state index in [0.717, 1.165) is 41.2 Å². The molecule has 106 valence electrons. The molecule has 0 aliphatic heterocycles. The van der Waals surface area contributed by atoms with Crippen molar-refractivity contribution >= 4 is 5.69 Å². The van der Waals surface area contributed by atoms with Gasteiger partial charge in [-0.2, -0.15) is 0 Å². The molecule has 0 aliphatic carbocycles. The fraction of sp³-hybridized carbons (Fsp3) is 0.188. The van der Waals surface area contributed by atoms with E-state index in [1.54, 1.807) is 4.68 Å². The Bertz CT molecular complexity index is 730. The summed E-state index contributed by atoms with van der Waals surface area (Å²) in [4.78, 5) is 4.36. The summed E-state index contributed by atoms with van der Waals surface area (Å²) in [5, 5.41) is 8.41. The number of hydrogen-bond donors (Lipinski definition) is 1. The van der Waals surface area contributed by atoms with Crippen molar-refractivity contribution in [3.8, 4) is 16.9 Å². The SMILES string of the molecule is CCCc1cc(-c2cn(-c3ccc(N)cc3)nn2)ccn1. The van der Waals surface area contributed by atoms with Crippen LogP contribution >= 0.6 is 0 Å². The van der Waals surface area contributed by atoms with E-state index < -0.39 is 0 Å². The number of benzene rings is 1. The Kier molecular flexibility index (Phi) is 3.64. The number of hydrogen-bond acceptors (Lipinski definition) is 4. The Labute approximate surface area is 123 Å². The lowest BCUT2D eigenvalue weighted by atomic mass is 10.1. The van der Waals surface area contributed by atoms with E-state index in [2.05, 4.69) is 28.3 Å². The molecule has 0 bridgehead atoms. The molecule has 21 heavy (non-hydrogen) atoms. The Hall–Kier alpha value is -2.69. The van der Waals surface area contributed by atoms with Gasteiger partial charge in [-0.1, -0.05) is 18.6 Å². The second kappa shape index (κ2) is 5.75. The molecule has 0 radical (unpaired) electrons. The van der Waals surface area contributed by atoms with E-state index in [-0.39, 0.29) is 0 Å². The summed E-state index contributed by atoms with van der Waals surface area (Å²) in [5.74, 6) is 0. The first kappa shape index (κ1) is 13.3. The molecular formula is C16H17N5. The monoisotopic (exact) mass is 279 g/mol. The summed E-state index contributed by atoms with van der Waals surface area (Å²) in [6.45, 7) is 2.14. The lowest BCUT2D eigenvalue weighted by molar-refractivity contribution is 0.804. The van der Waals surface area contributed by atoms with Crippen molar-refractivity contribution in [3.05, 3.63) is 54.5 Å². The first-order valence-corrected chi connectivity index (χ1v) is 7.00. The minimum atomic E-state index is 0.734. The van der Waals surface area contributed by atoms with E-state index in [1.807, 2.05) is 42.7 Å². The maximum atomic E-state index is 5.69. The van der Waals surface area contributed by atoms with Gasteiger partial charge in [0, 0.05) is 23.1 Å². The first-order chi connectivity index (χ1) is 10.3. The molecule has 3 rings (SSSR count). The average molecular weight is 279 g/mol. The zero-order valence-corrected chi connectivity index (χ0v) is 11.9. The fourth-order valence-electron chi connectivity index (χ4n) is 2.18. The van der Waals surface area contributed by atoms with Crippen molar-refractivity contribution in [1.29, 1.82) is 0 Å². The number of nitrogens with two attached hydrogens (primary N) is 1. The highest BCUT2D eigenvalue weighted by Gasteiger charge is 2.06. The van der Waals surface area contributed by atoms with Crippen LogP contribution in [0, 0.1) is 0 Å². The molecule has 0 unspecified atom stereocenters. The molecule has 0 atom stereocenters. The largest absolute Gasteiger partial charge is 0.399 e. The molecule has 0 amide bonds. The van der Waals surface area contributed by atoms with Crippen LogP contribution in [0.5, 0.6) is 0 Å². The van der Waals surface area contributed by atoms with Gasteiger partial charge in [-0.15, -0.1) is 5.10 Å². The van der Waals surface area contributed by atoms with Crippen molar-refractivity contribution in [2.24, 2.45) is 0 Å². The molecule has 1 aromatic carbocycles. The predicted molar refractivity (Wildman–Crippen MR) is 83.0 cm³/mol. The maximum Gasteiger partial charge on any atom is 0.113 e. The second-order valence-corrected chi connectivity index (χ2v) is 4.93. The Morgan fingerprint density at radius 2 is 1.95 bits per heavy atom. The smallest absolute Gasteiger partial charge is 0.113 e. The Balaban J connectivity index is 1.91. The zero-order valence-electron chi connectivity index (χ0n) is 11.9. The zero-order chi connectivity index (χ0) is 14.7. The average Bonchev–Trinajstić information content (AvgIpc) is 2.98. The van der Waals surface area contributed by atoms with Crippen LogP contribution in [0.2, 0.25) is 0 Å². The molecule has 3 aromatic rings. The predicted octanol–water partition coefficient (Wildman–Crippen LogP) is 2.86. The van der Waals surface area contributed by atoms with Crippen molar-refractivity contribution < 1.29 is 0 Å². The van der Waals surface area contributed by atoms with Crippen molar-refractivity contribution in [2.45, 2.75) is 19.8 Å². The molecule has 0 fully saturated rings. The van der Waals surface area contributed by atoms with E-state index in [1.165, 1.54) is 0 Å². The molecule has 0 spiro atoms. The molecule has 0 saturated carbocycles. The summed E-state index contributed by atoms with van der Waals surface area (Å²) >= 11 is 0. The molecule has 5 nitrogen and oxygen atoms in total.